The van der Waals surface area contributed by atoms with E-state index in [-0.39, 0.29) is 16.5 Å². The van der Waals surface area contributed by atoms with E-state index in [2.05, 4.69) is 5.32 Å². The molecule has 1 heterocycles. The van der Waals surface area contributed by atoms with Crippen LogP contribution in [-0.4, -0.2) is 30.3 Å². The molecule has 4 aromatic carbocycles. The molecule has 1 fully saturated rings. The molecule has 0 radical (unpaired) electrons. The van der Waals surface area contributed by atoms with Crippen LogP contribution in [0, 0.1) is 6.92 Å². The number of nitrogens with zero attached hydrogens (tertiary/aromatic N) is 1. The SMILES string of the molecule is Cc1ccc(Nc2cc(S(=O)(=O)O)c(N)c3cc4ccccc4cc23)cc1CN1CCCC1=O. The minimum Gasteiger partial charge on any atom is -0.397 e. The molecule has 1 aliphatic rings. The molecule has 34 heavy (non-hydrogen) atoms. The predicted octanol–water partition coefficient (Wildman–Crippen LogP) is 5.00. The van der Waals surface area contributed by atoms with Gasteiger partial charge in [0.25, 0.3) is 10.1 Å². The van der Waals surface area contributed by atoms with Crippen molar-refractivity contribution in [2.45, 2.75) is 31.2 Å². The first kappa shape index (κ1) is 22.2. The van der Waals surface area contributed by atoms with Crippen molar-refractivity contribution in [1.82, 2.24) is 4.90 Å². The number of amides is 1. The van der Waals surface area contributed by atoms with Crippen molar-refractivity contribution in [3.05, 3.63) is 71.8 Å². The average molecular weight is 476 g/mol. The predicted molar refractivity (Wildman–Crippen MR) is 135 cm³/mol. The van der Waals surface area contributed by atoms with Crippen LogP contribution in [0.25, 0.3) is 21.5 Å². The zero-order valence-corrected chi connectivity index (χ0v) is 19.5. The average Bonchev–Trinajstić information content (AvgIpc) is 3.20. The molecule has 1 saturated heterocycles. The van der Waals surface area contributed by atoms with Crippen molar-refractivity contribution < 1.29 is 17.8 Å². The van der Waals surface area contributed by atoms with Gasteiger partial charge in [0.1, 0.15) is 4.90 Å². The van der Waals surface area contributed by atoms with Crippen LogP contribution in [0.1, 0.15) is 24.0 Å². The molecule has 4 aromatic rings. The minimum atomic E-state index is -4.54. The molecule has 0 unspecified atom stereocenters. The van der Waals surface area contributed by atoms with Crippen LogP contribution >= 0.6 is 0 Å². The maximum Gasteiger partial charge on any atom is 0.296 e. The molecule has 0 atom stereocenters. The van der Waals surface area contributed by atoms with Crippen molar-refractivity contribution in [3.8, 4) is 0 Å². The zero-order valence-electron chi connectivity index (χ0n) is 18.7. The summed E-state index contributed by atoms with van der Waals surface area (Å²) < 4.78 is 34.0. The maximum absolute atomic E-state index is 12.1. The maximum atomic E-state index is 12.1. The second-order valence-electron chi connectivity index (χ2n) is 8.74. The fourth-order valence-electron chi connectivity index (χ4n) is 4.57. The molecule has 7 nitrogen and oxygen atoms in total. The van der Waals surface area contributed by atoms with E-state index in [1.54, 1.807) is 0 Å². The Kier molecular flexibility index (Phi) is 5.42. The fraction of sp³-hybridized carbons (Fsp3) is 0.192. The normalized spacial score (nSPS) is 14.3. The van der Waals surface area contributed by atoms with Crippen LogP contribution in [0.15, 0.2) is 65.6 Å². The van der Waals surface area contributed by atoms with Gasteiger partial charge >= 0.3 is 0 Å². The fourth-order valence-corrected chi connectivity index (χ4v) is 5.23. The summed E-state index contributed by atoms with van der Waals surface area (Å²) in [6.07, 6.45) is 1.46. The number of nitrogens with two attached hydrogens (primary N) is 1. The van der Waals surface area contributed by atoms with Crippen molar-refractivity contribution in [2.24, 2.45) is 0 Å². The monoisotopic (exact) mass is 475 g/mol. The molecule has 0 aliphatic carbocycles. The van der Waals surface area contributed by atoms with Crippen LogP contribution < -0.4 is 11.1 Å². The van der Waals surface area contributed by atoms with Gasteiger partial charge in [-0.1, -0.05) is 30.3 Å². The van der Waals surface area contributed by atoms with Crippen LogP contribution in [0.3, 0.4) is 0 Å². The summed E-state index contributed by atoms with van der Waals surface area (Å²) in [6.45, 7) is 3.29. The van der Waals surface area contributed by atoms with Gasteiger partial charge in [0.2, 0.25) is 5.91 Å². The number of nitrogen functional groups attached to an aromatic ring is 1. The second-order valence-corrected chi connectivity index (χ2v) is 10.1. The third-order valence-electron chi connectivity index (χ3n) is 6.45. The highest BCUT2D eigenvalue weighted by Gasteiger charge is 2.22. The quantitative estimate of drug-likeness (QED) is 0.213. The molecule has 4 N–H and O–H groups in total. The first-order chi connectivity index (χ1) is 16.2. The largest absolute Gasteiger partial charge is 0.397 e. The van der Waals surface area contributed by atoms with Crippen molar-refractivity contribution in [1.29, 1.82) is 0 Å². The molecule has 1 amide bonds. The summed E-state index contributed by atoms with van der Waals surface area (Å²) in [6, 6.07) is 18.7. The van der Waals surface area contributed by atoms with Crippen molar-refractivity contribution >= 4 is 54.6 Å². The topological polar surface area (TPSA) is 113 Å². The summed E-state index contributed by atoms with van der Waals surface area (Å²) >= 11 is 0. The number of benzene rings is 4. The van der Waals surface area contributed by atoms with Gasteiger partial charge in [-0.05, 0) is 65.6 Å². The Morgan fingerprint density at radius 2 is 1.74 bits per heavy atom. The lowest BCUT2D eigenvalue weighted by molar-refractivity contribution is -0.128. The van der Waals surface area contributed by atoms with Crippen molar-refractivity contribution in [3.63, 3.8) is 0 Å². The van der Waals surface area contributed by atoms with Crippen LogP contribution in [0.4, 0.5) is 17.1 Å². The molecular weight excluding hydrogens is 450 g/mol. The Morgan fingerprint density at radius 3 is 2.38 bits per heavy atom. The number of fused-ring (bicyclic) bond motifs is 2. The van der Waals surface area contributed by atoms with E-state index in [9.17, 15) is 17.8 Å². The van der Waals surface area contributed by atoms with Gasteiger partial charge in [-0.15, -0.1) is 0 Å². The lowest BCUT2D eigenvalue weighted by atomic mass is 10.0. The highest BCUT2D eigenvalue weighted by atomic mass is 32.2. The summed E-state index contributed by atoms with van der Waals surface area (Å²) in [5.41, 5.74) is 9.54. The summed E-state index contributed by atoms with van der Waals surface area (Å²) in [7, 11) is -4.54. The number of aryl methyl sites for hydroxylation is 1. The Labute approximate surface area is 197 Å². The van der Waals surface area contributed by atoms with E-state index in [1.807, 2.05) is 66.4 Å². The highest BCUT2D eigenvalue weighted by Crippen LogP contribution is 2.38. The Bertz CT molecular complexity index is 1560. The molecule has 174 valence electrons. The van der Waals surface area contributed by atoms with Gasteiger partial charge in [0.15, 0.2) is 0 Å². The van der Waals surface area contributed by atoms with E-state index < -0.39 is 10.1 Å². The zero-order chi connectivity index (χ0) is 24.0. The molecule has 0 spiro atoms. The van der Waals surface area contributed by atoms with Gasteiger partial charge in [-0.25, -0.2) is 0 Å². The molecular formula is C26H25N3O4S. The number of carbonyl (C=O) groups excluding carboxylic acids is 1. The molecule has 1 aliphatic heterocycles. The third kappa shape index (κ3) is 4.06. The summed E-state index contributed by atoms with van der Waals surface area (Å²) in [4.78, 5) is 13.6. The third-order valence-corrected chi connectivity index (χ3v) is 7.34. The van der Waals surface area contributed by atoms with Gasteiger partial charge in [0.05, 0.1) is 5.69 Å². The van der Waals surface area contributed by atoms with E-state index >= 15 is 0 Å². The van der Waals surface area contributed by atoms with E-state index in [0.29, 0.717) is 24.0 Å². The number of nitrogens with one attached hydrogen (secondary N) is 1. The first-order valence-corrected chi connectivity index (χ1v) is 12.5. The number of anilines is 3. The number of hydrogen-bond acceptors (Lipinski definition) is 5. The van der Waals surface area contributed by atoms with E-state index in [4.69, 9.17) is 5.73 Å². The second kappa shape index (κ2) is 8.30. The first-order valence-electron chi connectivity index (χ1n) is 11.1. The summed E-state index contributed by atoms with van der Waals surface area (Å²) in [5.74, 6) is 0.159. The van der Waals surface area contributed by atoms with Gasteiger partial charge in [-0.3, -0.25) is 9.35 Å². The summed E-state index contributed by atoms with van der Waals surface area (Å²) in [5, 5.41) is 6.48. The smallest absolute Gasteiger partial charge is 0.296 e. The molecule has 8 heteroatoms. The number of hydrogen-bond donors (Lipinski definition) is 3. The van der Waals surface area contributed by atoms with E-state index in [0.717, 1.165) is 45.9 Å². The standard InChI is InChI=1S/C26H25N3O4S/c1-16-8-9-20(11-19(16)15-29-10-4-7-25(29)30)28-23-14-24(34(31,32)33)26(27)22-13-18-6-3-2-5-17(18)12-21(22)23/h2-3,5-6,8-9,11-14,28H,4,7,10,15,27H2,1H3,(H,31,32,33). The Balaban J connectivity index is 1.63. The molecule has 0 bridgehead atoms. The van der Waals surface area contributed by atoms with Gasteiger partial charge in [0, 0.05) is 41.7 Å². The van der Waals surface area contributed by atoms with Gasteiger partial charge < -0.3 is 16.0 Å². The lowest BCUT2D eigenvalue weighted by Crippen LogP contribution is -2.24. The minimum absolute atomic E-state index is 0.00550. The number of likely N-dealkylation sites (tertiary alicyclic amines) is 1. The molecule has 0 saturated carbocycles. The number of rotatable bonds is 5. The molecule has 5 rings (SSSR count). The van der Waals surface area contributed by atoms with Gasteiger partial charge in [-0.2, -0.15) is 8.42 Å². The van der Waals surface area contributed by atoms with Crippen LogP contribution in [-0.2, 0) is 21.5 Å². The van der Waals surface area contributed by atoms with Crippen molar-refractivity contribution in [2.75, 3.05) is 17.6 Å². The number of carbonyl (C=O) groups is 1. The van der Waals surface area contributed by atoms with Crippen LogP contribution in [0.2, 0.25) is 0 Å². The highest BCUT2D eigenvalue weighted by molar-refractivity contribution is 7.86. The Morgan fingerprint density at radius 1 is 1.03 bits per heavy atom. The Hall–Kier alpha value is -3.62. The van der Waals surface area contributed by atoms with E-state index in [1.165, 1.54) is 6.07 Å². The van der Waals surface area contributed by atoms with Crippen LogP contribution in [0.5, 0.6) is 0 Å². The molecule has 0 aromatic heterocycles. The lowest BCUT2D eigenvalue weighted by Gasteiger charge is -2.19.